The topological polar surface area (TPSA) is 58.2 Å². The predicted octanol–water partition coefficient (Wildman–Crippen LogP) is 5.61. The van der Waals surface area contributed by atoms with Gasteiger partial charge in [-0.05, 0) is 43.3 Å². The molecule has 0 fully saturated rings. The molecule has 4 nitrogen and oxygen atoms in total. The fourth-order valence-electron chi connectivity index (χ4n) is 2.42. The zero-order valence-corrected chi connectivity index (χ0v) is 15.8. The molecule has 0 aromatic heterocycles. The summed E-state index contributed by atoms with van der Waals surface area (Å²) in [6, 6.07) is 24.0. The van der Waals surface area contributed by atoms with Crippen molar-refractivity contribution in [1.29, 1.82) is 0 Å². The standard InChI is InChI=1S/C22H20N2O2S/c1-16-7-9-17(10-8-16)21(25)15-27-20-13-11-19(12-14-20)24-22(26)23-18-5-3-2-4-6-18/h2-14H,15H2,1H3,(H2,23,24,26). The minimum Gasteiger partial charge on any atom is -0.308 e. The second-order valence-electron chi connectivity index (χ2n) is 6.05. The van der Waals surface area contributed by atoms with Gasteiger partial charge in [-0.25, -0.2) is 4.79 Å². The van der Waals surface area contributed by atoms with Gasteiger partial charge in [-0.15, -0.1) is 11.8 Å². The fourth-order valence-corrected chi connectivity index (χ4v) is 3.21. The average molecular weight is 376 g/mol. The highest BCUT2D eigenvalue weighted by atomic mass is 32.2. The van der Waals surface area contributed by atoms with E-state index in [0.29, 0.717) is 11.4 Å². The summed E-state index contributed by atoms with van der Waals surface area (Å²) in [5, 5.41) is 5.55. The van der Waals surface area contributed by atoms with E-state index in [9.17, 15) is 9.59 Å². The maximum Gasteiger partial charge on any atom is 0.323 e. The van der Waals surface area contributed by atoms with Gasteiger partial charge in [0.05, 0.1) is 5.75 Å². The molecular weight excluding hydrogens is 356 g/mol. The molecule has 3 rings (SSSR count). The molecule has 0 saturated heterocycles. The van der Waals surface area contributed by atoms with Crippen molar-refractivity contribution in [3.05, 3.63) is 90.0 Å². The first-order valence-electron chi connectivity index (χ1n) is 8.56. The van der Waals surface area contributed by atoms with Crippen molar-refractivity contribution in [3.63, 3.8) is 0 Å². The van der Waals surface area contributed by atoms with E-state index in [1.807, 2.05) is 85.8 Å². The lowest BCUT2D eigenvalue weighted by atomic mass is 10.1. The molecule has 3 aromatic carbocycles. The molecular formula is C22H20N2O2S. The summed E-state index contributed by atoms with van der Waals surface area (Å²) in [5.41, 5.74) is 3.29. The third-order valence-electron chi connectivity index (χ3n) is 3.89. The molecule has 27 heavy (non-hydrogen) atoms. The van der Waals surface area contributed by atoms with Crippen molar-refractivity contribution in [3.8, 4) is 0 Å². The Kier molecular flexibility index (Phi) is 6.28. The van der Waals surface area contributed by atoms with Crippen LogP contribution in [-0.4, -0.2) is 17.6 Å². The lowest BCUT2D eigenvalue weighted by molar-refractivity contribution is 0.102. The van der Waals surface area contributed by atoms with Crippen molar-refractivity contribution >= 4 is 35.0 Å². The van der Waals surface area contributed by atoms with Crippen LogP contribution >= 0.6 is 11.8 Å². The lowest BCUT2D eigenvalue weighted by Gasteiger charge is -2.08. The monoisotopic (exact) mass is 376 g/mol. The SMILES string of the molecule is Cc1ccc(C(=O)CSc2ccc(NC(=O)Nc3ccccc3)cc2)cc1. The largest absolute Gasteiger partial charge is 0.323 e. The zero-order chi connectivity index (χ0) is 19.1. The quantitative estimate of drug-likeness (QED) is 0.434. The van der Waals surface area contributed by atoms with E-state index in [-0.39, 0.29) is 11.8 Å². The normalized spacial score (nSPS) is 10.3. The van der Waals surface area contributed by atoms with E-state index in [0.717, 1.165) is 21.7 Å². The minimum absolute atomic E-state index is 0.101. The van der Waals surface area contributed by atoms with Crippen LogP contribution in [0.1, 0.15) is 15.9 Å². The smallest absolute Gasteiger partial charge is 0.308 e. The van der Waals surface area contributed by atoms with E-state index in [4.69, 9.17) is 0 Å². The van der Waals surface area contributed by atoms with E-state index in [1.165, 1.54) is 11.8 Å². The summed E-state index contributed by atoms with van der Waals surface area (Å²) in [4.78, 5) is 25.2. The van der Waals surface area contributed by atoms with Crippen molar-refractivity contribution in [2.24, 2.45) is 0 Å². The Morgan fingerprint density at radius 1 is 0.778 bits per heavy atom. The number of thioether (sulfide) groups is 1. The van der Waals surface area contributed by atoms with Gasteiger partial charge in [0.1, 0.15) is 0 Å². The summed E-state index contributed by atoms with van der Waals surface area (Å²) in [7, 11) is 0. The molecule has 0 atom stereocenters. The number of hydrogen-bond donors (Lipinski definition) is 2. The number of para-hydroxylation sites is 1. The maximum absolute atomic E-state index is 12.2. The molecule has 0 radical (unpaired) electrons. The molecule has 0 saturated carbocycles. The first-order valence-corrected chi connectivity index (χ1v) is 9.54. The number of benzene rings is 3. The summed E-state index contributed by atoms with van der Waals surface area (Å²) in [6.07, 6.45) is 0. The number of carbonyl (C=O) groups is 2. The Morgan fingerprint density at radius 2 is 1.37 bits per heavy atom. The van der Waals surface area contributed by atoms with Gasteiger partial charge in [0.15, 0.2) is 5.78 Å². The van der Waals surface area contributed by atoms with E-state index in [2.05, 4.69) is 10.6 Å². The summed E-state index contributed by atoms with van der Waals surface area (Å²) >= 11 is 1.48. The number of anilines is 2. The predicted molar refractivity (Wildman–Crippen MR) is 112 cm³/mol. The number of aryl methyl sites for hydroxylation is 1. The Balaban J connectivity index is 1.50. The second-order valence-corrected chi connectivity index (χ2v) is 7.10. The number of urea groups is 1. The zero-order valence-electron chi connectivity index (χ0n) is 14.9. The van der Waals surface area contributed by atoms with Crippen LogP contribution in [0.15, 0.2) is 83.8 Å². The molecule has 0 aliphatic heterocycles. The second kappa shape index (κ2) is 9.05. The lowest BCUT2D eigenvalue weighted by Crippen LogP contribution is -2.19. The fraction of sp³-hybridized carbons (Fsp3) is 0.0909. The van der Waals surface area contributed by atoms with Crippen LogP contribution in [0.3, 0.4) is 0 Å². The van der Waals surface area contributed by atoms with Gasteiger partial charge in [0.2, 0.25) is 0 Å². The third-order valence-corrected chi connectivity index (χ3v) is 4.90. The van der Waals surface area contributed by atoms with Gasteiger partial charge in [-0.3, -0.25) is 4.79 Å². The van der Waals surface area contributed by atoms with Crippen molar-refractivity contribution in [2.45, 2.75) is 11.8 Å². The third kappa shape index (κ3) is 5.72. The van der Waals surface area contributed by atoms with Crippen LogP contribution in [0.4, 0.5) is 16.2 Å². The van der Waals surface area contributed by atoms with Crippen LogP contribution in [0, 0.1) is 6.92 Å². The van der Waals surface area contributed by atoms with Crippen LogP contribution < -0.4 is 10.6 Å². The van der Waals surface area contributed by atoms with Gasteiger partial charge < -0.3 is 10.6 Å². The van der Waals surface area contributed by atoms with Crippen LogP contribution in [0.25, 0.3) is 0 Å². The van der Waals surface area contributed by atoms with E-state index in [1.54, 1.807) is 0 Å². The molecule has 0 heterocycles. The Bertz CT molecular complexity index is 907. The highest BCUT2D eigenvalue weighted by Gasteiger charge is 2.07. The number of hydrogen-bond acceptors (Lipinski definition) is 3. The van der Waals surface area contributed by atoms with Gasteiger partial charge >= 0.3 is 6.03 Å². The van der Waals surface area contributed by atoms with E-state index < -0.39 is 0 Å². The molecule has 0 aliphatic rings. The molecule has 0 unspecified atom stereocenters. The number of nitrogens with one attached hydrogen (secondary N) is 2. The van der Waals surface area contributed by atoms with Gasteiger partial charge in [0.25, 0.3) is 0 Å². The summed E-state index contributed by atoms with van der Waals surface area (Å²) in [5.74, 6) is 0.481. The number of rotatable bonds is 6. The summed E-state index contributed by atoms with van der Waals surface area (Å²) < 4.78 is 0. The van der Waals surface area contributed by atoms with Crippen molar-refractivity contribution in [2.75, 3.05) is 16.4 Å². The van der Waals surface area contributed by atoms with Gasteiger partial charge in [0, 0.05) is 21.8 Å². The van der Waals surface area contributed by atoms with Crippen LogP contribution in [-0.2, 0) is 0 Å². The number of ketones is 1. The first-order chi connectivity index (χ1) is 13.1. The average Bonchev–Trinajstić information content (AvgIpc) is 2.68. The molecule has 3 aromatic rings. The molecule has 2 N–H and O–H groups in total. The highest BCUT2D eigenvalue weighted by molar-refractivity contribution is 8.00. The molecule has 2 amide bonds. The van der Waals surface area contributed by atoms with E-state index >= 15 is 0 Å². The number of amides is 2. The molecule has 136 valence electrons. The minimum atomic E-state index is -0.295. The summed E-state index contributed by atoms with van der Waals surface area (Å²) in [6.45, 7) is 2.00. The molecule has 0 bridgehead atoms. The molecule has 0 spiro atoms. The highest BCUT2D eigenvalue weighted by Crippen LogP contribution is 2.22. The Labute approximate surface area is 163 Å². The van der Waals surface area contributed by atoms with Gasteiger partial charge in [-0.2, -0.15) is 0 Å². The number of carbonyl (C=O) groups excluding carboxylic acids is 2. The molecule has 0 aliphatic carbocycles. The van der Waals surface area contributed by atoms with Gasteiger partial charge in [-0.1, -0.05) is 48.0 Å². The van der Waals surface area contributed by atoms with Crippen molar-refractivity contribution < 1.29 is 9.59 Å². The molecule has 5 heteroatoms. The van der Waals surface area contributed by atoms with Crippen LogP contribution in [0.5, 0.6) is 0 Å². The van der Waals surface area contributed by atoms with Crippen LogP contribution in [0.2, 0.25) is 0 Å². The maximum atomic E-state index is 12.2. The Morgan fingerprint density at radius 3 is 2.00 bits per heavy atom. The first kappa shape index (κ1) is 18.7. The Hall–Kier alpha value is -3.05. The number of Topliss-reactive ketones (excluding diaryl/α,β-unsaturated/α-hetero) is 1. The van der Waals surface area contributed by atoms with Crippen molar-refractivity contribution in [1.82, 2.24) is 0 Å².